The van der Waals surface area contributed by atoms with E-state index in [1.807, 2.05) is 0 Å². The normalized spacial score (nSPS) is 9.79. The minimum Gasteiger partial charge on any atom is -0.469 e. The molecule has 0 aliphatic rings. The van der Waals surface area contributed by atoms with Crippen molar-refractivity contribution in [1.82, 2.24) is 0 Å². The van der Waals surface area contributed by atoms with E-state index < -0.39 is 28.3 Å². The number of nitro benzene ring substituents is 1. The summed E-state index contributed by atoms with van der Waals surface area (Å²) in [6.07, 6.45) is -0.233. The van der Waals surface area contributed by atoms with E-state index in [9.17, 15) is 24.1 Å². The molecular formula is C11H11FN2O5. The van der Waals surface area contributed by atoms with Crippen LogP contribution in [0.4, 0.5) is 15.8 Å². The highest BCUT2D eigenvalue weighted by molar-refractivity contribution is 5.92. The summed E-state index contributed by atoms with van der Waals surface area (Å²) < 4.78 is 17.4. The summed E-state index contributed by atoms with van der Waals surface area (Å²) in [7, 11) is 1.20. The Bertz CT molecular complexity index is 518. The second-order valence-corrected chi connectivity index (χ2v) is 3.55. The minimum atomic E-state index is -0.988. The van der Waals surface area contributed by atoms with Gasteiger partial charge in [-0.05, 0) is 12.1 Å². The van der Waals surface area contributed by atoms with E-state index in [0.717, 1.165) is 12.1 Å². The van der Waals surface area contributed by atoms with Gasteiger partial charge in [0.2, 0.25) is 11.7 Å². The number of hydrogen-bond donors (Lipinski definition) is 1. The van der Waals surface area contributed by atoms with Crippen molar-refractivity contribution in [3.05, 3.63) is 34.1 Å². The summed E-state index contributed by atoms with van der Waals surface area (Å²) in [5.41, 5.74) is -0.645. The first-order valence-electron chi connectivity index (χ1n) is 5.24. The lowest BCUT2D eigenvalue weighted by molar-refractivity contribution is -0.387. The fourth-order valence-corrected chi connectivity index (χ4v) is 1.27. The van der Waals surface area contributed by atoms with Crippen LogP contribution in [0.2, 0.25) is 0 Å². The summed E-state index contributed by atoms with van der Waals surface area (Å²) >= 11 is 0. The monoisotopic (exact) mass is 270 g/mol. The standard InChI is InChI=1S/C11H11FN2O5/c1-19-11(16)5-4-10(15)13-7-2-3-8(12)9(6-7)14(17)18/h2-3,6H,4-5H2,1H3,(H,13,15). The van der Waals surface area contributed by atoms with E-state index in [-0.39, 0.29) is 18.5 Å². The van der Waals surface area contributed by atoms with Crippen LogP contribution in [0.25, 0.3) is 0 Å². The molecular weight excluding hydrogens is 259 g/mol. The third-order valence-corrected chi connectivity index (χ3v) is 2.21. The fraction of sp³-hybridized carbons (Fsp3) is 0.273. The molecule has 0 radical (unpaired) electrons. The summed E-state index contributed by atoms with van der Waals surface area (Å²) in [5.74, 6) is -2.05. The van der Waals surface area contributed by atoms with Gasteiger partial charge in [-0.25, -0.2) is 0 Å². The molecule has 1 aromatic carbocycles. The maximum atomic E-state index is 13.0. The van der Waals surface area contributed by atoms with Crippen LogP contribution in [0.15, 0.2) is 18.2 Å². The van der Waals surface area contributed by atoms with Gasteiger partial charge in [-0.1, -0.05) is 0 Å². The van der Waals surface area contributed by atoms with Crippen molar-refractivity contribution in [1.29, 1.82) is 0 Å². The number of rotatable bonds is 5. The van der Waals surface area contributed by atoms with E-state index in [1.54, 1.807) is 0 Å². The summed E-state index contributed by atoms with van der Waals surface area (Å²) in [4.78, 5) is 31.8. The Balaban J connectivity index is 2.67. The number of esters is 1. The number of nitrogens with one attached hydrogen (secondary N) is 1. The van der Waals surface area contributed by atoms with Crippen molar-refractivity contribution in [3.63, 3.8) is 0 Å². The molecule has 0 bridgehead atoms. The van der Waals surface area contributed by atoms with Crippen LogP contribution in [0.1, 0.15) is 12.8 Å². The highest BCUT2D eigenvalue weighted by atomic mass is 19.1. The maximum Gasteiger partial charge on any atom is 0.306 e. The molecule has 1 amide bonds. The second kappa shape index (κ2) is 6.43. The Morgan fingerprint density at radius 2 is 2.11 bits per heavy atom. The van der Waals surface area contributed by atoms with Crippen LogP contribution in [-0.4, -0.2) is 23.9 Å². The Kier molecular flexibility index (Phi) is 4.92. The van der Waals surface area contributed by atoms with Crippen LogP contribution < -0.4 is 5.32 Å². The van der Waals surface area contributed by atoms with Crippen molar-refractivity contribution in [2.24, 2.45) is 0 Å². The average molecular weight is 270 g/mol. The first-order chi connectivity index (χ1) is 8.93. The number of nitrogens with zero attached hydrogens (tertiary/aromatic N) is 1. The lowest BCUT2D eigenvalue weighted by Crippen LogP contribution is -2.14. The number of anilines is 1. The minimum absolute atomic E-state index is 0.0861. The van der Waals surface area contributed by atoms with E-state index in [4.69, 9.17) is 0 Å². The molecule has 0 fully saturated rings. The van der Waals surface area contributed by atoms with Crippen LogP contribution in [0.3, 0.4) is 0 Å². The number of methoxy groups -OCH3 is 1. The molecule has 0 saturated heterocycles. The van der Waals surface area contributed by atoms with Gasteiger partial charge in [0.1, 0.15) is 0 Å². The van der Waals surface area contributed by atoms with Crippen molar-refractivity contribution in [2.75, 3.05) is 12.4 Å². The third-order valence-electron chi connectivity index (χ3n) is 2.21. The van der Waals surface area contributed by atoms with Crippen molar-refractivity contribution < 1.29 is 23.6 Å². The Morgan fingerprint density at radius 1 is 1.42 bits per heavy atom. The van der Waals surface area contributed by atoms with Crippen LogP contribution >= 0.6 is 0 Å². The van der Waals surface area contributed by atoms with E-state index in [1.165, 1.54) is 13.2 Å². The molecule has 7 nitrogen and oxygen atoms in total. The fourth-order valence-electron chi connectivity index (χ4n) is 1.27. The molecule has 8 heteroatoms. The highest BCUT2D eigenvalue weighted by Crippen LogP contribution is 2.21. The molecule has 0 aromatic heterocycles. The zero-order valence-corrected chi connectivity index (χ0v) is 10.0. The molecule has 19 heavy (non-hydrogen) atoms. The molecule has 0 heterocycles. The third kappa shape index (κ3) is 4.34. The zero-order valence-electron chi connectivity index (χ0n) is 10.0. The van der Waals surface area contributed by atoms with Crippen LogP contribution in [0.5, 0.6) is 0 Å². The van der Waals surface area contributed by atoms with Gasteiger partial charge < -0.3 is 10.1 Å². The van der Waals surface area contributed by atoms with Gasteiger partial charge in [-0.3, -0.25) is 19.7 Å². The molecule has 1 N–H and O–H groups in total. The molecule has 102 valence electrons. The average Bonchev–Trinajstić information content (AvgIpc) is 2.37. The first-order valence-corrected chi connectivity index (χ1v) is 5.24. The smallest absolute Gasteiger partial charge is 0.306 e. The Hall–Kier alpha value is -2.51. The van der Waals surface area contributed by atoms with Gasteiger partial charge in [-0.2, -0.15) is 4.39 Å². The van der Waals surface area contributed by atoms with E-state index >= 15 is 0 Å². The second-order valence-electron chi connectivity index (χ2n) is 3.55. The van der Waals surface area contributed by atoms with Crippen molar-refractivity contribution in [3.8, 4) is 0 Å². The Morgan fingerprint density at radius 3 is 2.68 bits per heavy atom. The quantitative estimate of drug-likeness (QED) is 0.498. The molecule has 0 unspecified atom stereocenters. The lowest BCUT2D eigenvalue weighted by atomic mass is 10.2. The lowest BCUT2D eigenvalue weighted by Gasteiger charge is -2.04. The number of amides is 1. The van der Waals surface area contributed by atoms with Gasteiger partial charge in [0.05, 0.1) is 18.5 Å². The topological polar surface area (TPSA) is 98.5 Å². The Labute approximate surface area is 107 Å². The molecule has 0 aliphatic heterocycles. The van der Waals surface area contributed by atoms with Gasteiger partial charge in [0.25, 0.3) is 0 Å². The van der Waals surface area contributed by atoms with Crippen molar-refractivity contribution >= 4 is 23.3 Å². The molecule has 1 aromatic rings. The van der Waals surface area contributed by atoms with Crippen molar-refractivity contribution in [2.45, 2.75) is 12.8 Å². The number of carbonyl (C=O) groups excluding carboxylic acids is 2. The van der Waals surface area contributed by atoms with E-state index in [0.29, 0.717) is 0 Å². The van der Waals surface area contributed by atoms with Crippen LogP contribution in [-0.2, 0) is 14.3 Å². The molecule has 0 saturated carbocycles. The molecule has 0 spiro atoms. The SMILES string of the molecule is COC(=O)CCC(=O)Nc1ccc(F)c([N+](=O)[O-])c1. The predicted molar refractivity (Wildman–Crippen MR) is 62.9 cm³/mol. The number of nitro groups is 1. The molecule has 1 rings (SSSR count). The van der Waals surface area contributed by atoms with Gasteiger partial charge in [0.15, 0.2) is 0 Å². The van der Waals surface area contributed by atoms with Crippen LogP contribution in [0, 0.1) is 15.9 Å². The number of hydrogen-bond acceptors (Lipinski definition) is 5. The van der Waals surface area contributed by atoms with Gasteiger partial charge >= 0.3 is 11.7 Å². The maximum absolute atomic E-state index is 13.0. The number of halogens is 1. The number of carbonyl (C=O) groups is 2. The predicted octanol–water partition coefficient (Wildman–Crippen LogP) is 1.63. The first kappa shape index (κ1) is 14.6. The largest absolute Gasteiger partial charge is 0.469 e. The number of ether oxygens (including phenoxy) is 1. The van der Waals surface area contributed by atoms with E-state index in [2.05, 4.69) is 10.1 Å². The van der Waals surface area contributed by atoms with Gasteiger partial charge in [-0.15, -0.1) is 0 Å². The summed E-state index contributed by atoms with van der Waals surface area (Å²) in [5, 5.41) is 12.8. The number of benzene rings is 1. The molecule has 0 aliphatic carbocycles. The summed E-state index contributed by atoms with van der Waals surface area (Å²) in [6, 6.07) is 2.98. The molecule has 0 atom stereocenters. The summed E-state index contributed by atoms with van der Waals surface area (Å²) in [6.45, 7) is 0. The highest BCUT2D eigenvalue weighted by Gasteiger charge is 2.15. The van der Waals surface area contributed by atoms with Gasteiger partial charge in [0, 0.05) is 18.2 Å². The zero-order chi connectivity index (χ0) is 14.4.